The Morgan fingerprint density at radius 3 is 3.06 bits per heavy atom. The smallest absolute Gasteiger partial charge is 0.290 e. The maximum Gasteiger partial charge on any atom is 0.290 e. The van der Waals surface area contributed by atoms with Crippen LogP contribution in [0, 0.1) is 17.0 Å². The molecule has 1 atom stereocenters. The van der Waals surface area contributed by atoms with Crippen molar-refractivity contribution in [2.75, 3.05) is 18.5 Å². The number of anilines is 1. The van der Waals surface area contributed by atoms with Crippen LogP contribution in [0.3, 0.4) is 0 Å². The highest BCUT2D eigenvalue weighted by molar-refractivity contribution is 5.46. The predicted octanol–water partition coefficient (Wildman–Crippen LogP) is 2.28. The van der Waals surface area contributed by atoms with E-state index in [9.17, 15) is 10.1 Å². The zero-order valence-electron chi connectivity index (χ0n) is 10.4. The third kappa shape index (κ3) is 3.16. The van der Waals surface area contributed by atoms with Crippen LogP contribution in [0.4, 0.5) is 11.5 Å². The second-order valence-electron chi connectivity index (χ2n) is 4.48. The molecular weight excluding hydrogens is 234 g/mol. The summed E-state index contributed by atoms with van der Waals surface area (Å²) in [6, 6.07) is 1.70. The van der Waals surface area contributed by atoms with Gasteiger partial charge >= 0.3 is 0 Å². The molecule has 6 nitrogen and oxygen atoms in total. The Balaban J connectivity index is 1.93. The van der Waals surface area contributed by atoms with Gasteiger partial charge in [0.25, 0.3) is 5.69 Å². The fourth-order valence-corrected chi connectivity index (χ4v) is 2.02. The molecule has 0 bridgehead atoms. The van der Waals surface area contributed by atoms with Gasteiger partial charge in [-0.3, -0.25) is 10.1 Å². The van der Waals surface area contributed by atoms with Gasteiger partial charge in [-0.2, -0.15) is 0 Å². The Morgan fingerprint density at radius 2 is 2.44 bits per heavy atom. The summed E-state index contributed by atoms with van der Waals surface area (Å²) >= 11 is 0. The predicted molar refractivity (Wildman–Crippen MR) is 67.7 cm³/mol. The number of nitrogens with zero attached hydrogens (tertiary/aromatic N) is 2. The number of pyridine rings is 1. The van der Waals surface area contributed by atoms with E-state index in [-0.39, 0.29) is 11.8 Å². The maximum absolute atomic E-state index is 10.7. The van der Waals surface area contributed by atoms with Crippen molar-refractivity contribution < 1.29 is 9.66 Å². The van der Waals surface area contributed by atoms with Gasteiger partial charge in [0.2, 0.25) is 0 Å². The molecule has 1 aromatic heterocycles. The number of hydrogen-bond donors (Lipinski definition) is 1. The molecule has 1 N–H and O–H groups in total. The van der Waals surface area contributed by atoms with E-state index in [1.54, 1.807) is 13.0 Å². The van der Waals surface area contributed by atoms with Crippen molar-refractivity contribution >= 4 is 11.5 Å². The summed E-state index contributed by atoms with van der Waals surface area (Å²) in [5.74, 6) is 0.660. The van der Waals surface area contributed by atoms with Crippen LogP contribution in [0.25, 0.3) is 0 Å². The summed E-state index contributed by atoms with van der Waals surface area (Å²) in [5, 5.41) is 13.8. The molecule has 0 radical (unpaired) electrons. The topological polar surface area (TPSA) is 77.3 Å². The Labute approximate surface area is 106 Å². The fraction of sp³-hybridized carbons (Fsp3) is 0.583. The van der Waals surface area contributed by atoms with Gasteiger partial charge in [0.05, 0.1) is 11.0 Å². The summed E-state index contributed by atoms with van der Waals surface area (Å²) in [7, 11) is 0. The molecule has 1 saturated heterocycles. The van der Waals surface area contributed by atoms with Gasteiger partial charge in [-0.25, -0.2) is 4.98 Å². The number of rotatable bonds is 4. The Bertz CT molecular complexity index is 431. The highest BCUT2D eigenvalue weighted by Gasteiger charge is 2.15. The molecule has 1 fully saturated rings. The van der Waals surface area contributed by atoms with Crippen molar-refractivity contribution in [1.82, 2.24) is 4.98 Å². The number of nitrogens with one attached hydrogen (secondary N) is 1. The van der Waals surface area contributed by atoms with E-state index in [1.807, 2.05) is 0 Å². The van der Waals surface area contributed by atoms with E-state index in [0.717, 1.165) is 19.4 Å². The summed E-state index contributed by atoms with van der Waals surface area (Å²) in [4.78, 5) is 14.3. The third-order valence-corrected chi connectivity index (χ3v) is 3.06. The molecule has 0 amide bonds. The summed E-state index contributed by atoms with van der Waals surface area (Å²) in [6.07, 6.45) is 4.89. The molecule has 0 aromatic carbocycles. The molecule has 2 heterocycles. The van der Waals surface area contributed by atoms with Crippen LogP contribution in [0.15, 0.2) is 12.3 Å². The molecular formula is C12H17N3O3. The minimum absolute atomic E-state index is 0.0504. The van der Waals surface area contributed by atoms with E-state index in [1.165, 1.54) is 12.6 Å². The van der Waals surface area contributed by atoms with Crippen LogP contribution in [0.1, 0.15) is 24.8 Å². The number of ether oxygens (including phenoxy) is 1. The SMILES string of the molecule is Cc1cc(NCC2CCCCO2)ncc1[N+](=O)[O-]. The zero-order chi connectivity index (χ0) is 13.0. The first-order chi connectivity index (χ1) is 8.66. The van der Waals surface area contributed by atoms with Gasteiger partial charge in [0.1, 0.15) is 12.0 Å². The van der Waals surface area contributed by atoms with Crippen molar-refractivity contribution in [3.63, 3.8) is 0 Å². The van der Waals surface area contributed by atoms with Crippen molar-refractivity contribution in [3.05, 3.63) is 27.9 Å². The van der Waals surface area contributed by atoms with Crippen molar-refractivity contribution in [2.24, 2.45) is 0 Å². The standard InChI is InChI=1S/C12H17N3O3/c1-9-6-12(14-8-11(9)15(16)17)13-7-10-4-2-3-5-18-10/h6,8,10H,2-5,7H2,1H3,(H,13,14). The zero-order valence-corrected chi connectivity index (χ0v) is 10.4. The second-order valence-corrected chi connectivity index (χ2v) is 4.48. The van der Waals surface area contributed by atoms with Gasteiger partial charge in [0.15, 0.2) is 0 Å². The molecule has 0 saturated carbocycles. The highest BCUT2D eigenvalue weighted by atomic mass is 16.6. The normalized spacial score (nSPS) is 19.5. The average molecular weight is 251 g/mol. The van der Waals surface area contributed by atoms with Gasteiger partial charge in [-0.15, -0.1) is 0 Å². The summed E-state index contributed by atoms with van der Waals surface area (Å²) in [5.41, 5.74) is 0.663. The van der Waals surface area contributed by atoms with Crippen LogP contribution in [0.2, 0.25) is 0 Å². The van der Waals surface area contributed by atoms with E-state index in [2.05, 4.69) is 10.3 Å². The third-order valence-electron chi connectivity index (χ3n) is 3.06. The highest BCUT2D eigenvalue weighted by Crippen LogP contribution is 2.19. The second kappa shape index (κ2) is 5.77. The lowest BCUT2D eigenvalue weighted by Crippen LogP contribution is -2.27. The first-order valence-corrected chi connectivity index (χ1v) is 6.13. The quantitative estimate of drug-likeness (QED) is 0.656. The molecule has 98 valence electrons. The van der Waals surface area contributed by atoms with Crippen LogP contribution in [0.5, 0.6) is 0 Å². The van der Waals surface area contributed by atoms with Crippen molar-refractivity contribution in [2.45, 2.75) is 32.3 Å². The lowest BCUT2D eigenvalue weighted by atomic mass is 10.1. The molecule has 1 aromatic rings. The van der Waals surface area contributed by atoms with Crippen LogP contribution < -0.4 is 5.32 Å². The minimum atomic E-state index is -0.420. The number of nitro groups is 1. The lowest BCUT2D eigenvalue weighted by molar-refractivity contribution is -0.385. The molecule has 1 unspecified atom stereocenters. The van der Waals surface area contributed by atoms with Crippen LogP contribution in [-0.4, -0.2) is 29.2 Å². The fourth-order valence-electron chi connectivity index (χ4n) is 2.02. The Hall–Kier alpha value is -1.69. The molecule has 2 rings (SSSR count). The first-order valence-electron chi connectivity index (χ1n) is 6.13. The summed E-state index contributed by atoms with van der Waals surface area (Å²) < 4.78 is 5.59. The summed E-state index contributed by atoms with van der Waals surface area (Å²) in [6.45, 7) is 3.23. The van der Waals surface area contributed by atoms with E-state index in [4.69, 9.17) is 4.74 Å². The minimum Gasteiger partial charge on any atom is -0.376 e. The molecule has 1 aliphatic heterocycles. The van der Waals surface area contributed by atoms with E-state index < -0.39 is 4.92 Å². The molecule has 0 aliphatic carbocycles. The van der Waals surface area contributed by atoms with Gasteiger partial charge in [-0.1, -0.05) is 0 Å². The van der Waals surface area contributed by atoms with Gasteiger partial charge in [-0.05, 0) is 32.3 Å². The van der Waals surface area contributed by atoms with Crippen LogP contribution in [-0.2, 0) is 4.74 Å². The number of aromatic nitrogens is 1. The van der Waals surface area contributed by atoms with Crippen molar-refractivity contribution in [1.29, 1.82) is 0 Å². The van der Waals surface area contributed by atoms with E-state index in [0.29, 0.717) is 17.9 Å². The average Bonchev–Trinajstić information content (AvgIpc) is 2.37. The molecule has 18 heavy (non-hydrogen) atoms. The van der Waals surface area contributed by atoms with Crippen molar-refractivity contribution in [3.8, 4) is 0 Å². The Kier molecular flexibility index (Phi) is 4.09. The molecule has 1 aliphatic rings. The molecule has 6 heteroatoms. The number of hydrogen-bond acceptors (Lipinski definition) is 5. The number of aryl methyl sites for hydroxylation is 1. The van der Waals surface area contributed by atoms with Crippen LogP contribution >= 0.6 is 0 Å². The van der Waals surface area contributed by atoms with Gasteiger partial charge < -0.3 is 10.1 Å². The molecule has 0 spiro atoms. The maximum atomic E-state index is 10.7. The monoisotopic (exact) mass is 251 g/mol. The first kappa shape index (κ1) is 12.8. The largest absolute Gasteiger partial charge is 0.376 e. The van der Waals surface area contributed by atoms with E-state index >= 15 is 0 Å². The lowest BCUT2D eigenvalue weighted by Gasteiger charge is -2.22. The Morgan fingerprint density at radius 1 is 1.61 bits per heavy atom. The van der Waals surface area contributed by atoms with Gasteiger partial charge in [0, 0.05) is 18.7 Å².